The molecular formula is C23H32FIN4O. The highest BCUT2D eigenvalue weighted by Gasteiger charge is 2.21. The molecule has 30 heavy (non-hydrogen) atoms. The molecule has 0 heterocycles. The van der Waals surface area contributed by atoms with Gasteiger partial charge in [-0.25, -0.2) is 4.39 Å². The zero-order valence-corrected chi connectivity index (χ0v) is 20.7. The Bertz CT molecular complexity index is 868. The molecule has 0 aliphatic carbocycles. The molecule has 0 unspecified atom stereocenters. The van der Waals surface area contributed by atoms with E-state index in [1.807, 2.05) is 30.3 Å². The highest BCUT2D eigenvalue weighted by atomic mass is 127. The lowest BCUT2D eigenvalue weighted by Gasteiger charge is -2.27. The van der Waals surface area contributed by atoms with E-state index in [2.05, 4.69) is 29.5 Å². The largest absolute Gasteiger partial charge is 0.356 e. The lowest BCUT2D eigenvalue weighted by Crippen LogP contribution is -2.44. The highest BCUT2D eigenvalue weighted by molar-refractivity contribution is 14.0. The number of rotatable bonds is 7. The average Bonchev–Trinajstić information content (AvgIpc) is 2.70. The van der Waals surface area contributed by atoms with E-state index in [-0.39, 0.29) is 41.1 Å². The van der Waals surface area contributed by atoms with Gasteiger partial charge in [0.15, 0.2) is 5.96 Å². The maximum atomic E-state index is 13.5. The molecule has 0 saturated carbocycles. The van der Waals surface area contributed by atoms with Crippen LogP contribution in [0.1, 0.15) is 35.3 Å². The summed E-state index contributed by atoms with van der Waals surface area (Å²) >= 11 is 0. The summed E-state index contributed by atoms with van der Waals surface area (Å²) in [6, 6.07) is 14.4. The van der Waals surface area contributed by atoms with Gasteiger partial charge in [-0.3, -0.25) is 9.79 Å². The van der Waals surface area contributed by atoms with E-state index in [9.17, 15) is 9.18 Å². The van der Waals surface area contributed by atoms with Crippen LogP contribution in [-0.2, 0) is 11.8 Å². The lowest BCUT2D eigenvalue weighted by molar-refractivity contribution is 0.0827. The first kappa shape index (κ1) is 25.9. The van der Waals surface area contributed by atoms with Gasteiger partial charge in [0.05, 0.1) is 0 Å². The third kappa shape index (κ3) is 7.59. The molecule has 5 nitrogen and oxygen atoms in total. The number of nitrogens with zero attached hydrogens (tertiary/aromatic N) is 2. The quantitative estimate of drug-likeness (QED) is 0.328. The van der Waals surface area contributed by atoms with Gasteiger partial charge in [-0.2, -0.15) is 0 Å². The summed E-state index contributed by atoms with van der Waals surface area (Å²) in [5.74, 6) is 0.458. The van der Waals surface area contributed by atoms with Crippen molar-refractivity contribution in [2.75, 3.05) is 34.2 Å². The topological polar surface area (TPSA) is 56.7 Å². The van der Waals surface area contributed by atoms with Crippen molar-refractivity contribution in [1.29, 1.82) is 0 Å². The molecule has 2 aromatic rings. The third-order valence-corrected chi connectivity index (χ3v) is 4.81. The van der Waals surface area contributed by atoms with Crippen molar-refractivity contribution in [2.45, 2.75) is 25.7 Å². The number of carbonyl (C=O) groups excluding carboxylic acids is 1. The van der Waals surface area contributed by atoms with Crippen LogP contribution < -0.4 is 10.6 Å². The van der Waals surface area contributed by atoms with Crippen molar-refractivity contribution >= 4 is 35.8 Å². The first-order chi connectivity index (χ1) is 13.7. The molecule has 7 heteroatoms. The van der Waals surface area contributed by atoms with Crippen molar-refractivity contribution in [3.05, 3.63) is 71.0 Å². The highest BCUT2D eigenvalue weighted by Crippen LogP contribution is 2.22. The molecule has 0 aliphatic heterocycles. The van der Waals surface area contributed by atoms with Crippen LogP contribution >= 0.6 is 24.0 Å². The molecule has 1 amide bonds. The van der Waals surface area contributed by atoms with Crippen molar-refractivity contribution in [3.8, 4) is 0 Å². The fourth-order valence-electron chi connectivity index (χ4n) is 2.98. The van der Waals surface area contributed by atoms with Crippen LogP contribution in [0.3, 0.4) is 0 Å². The molecule has 0 aliphatic rings. The van der Waals surface area contributed by atoms with Gasteiger partial charge < -0.3 is 15.5 Å². The van der Waals surface area contributed by atoms with Gasteiger partial charge in [0.2, 0.25) is 0 Å². The van der Waals surface area contributed by atoms with Crippen molar-refractivity contribution in [1.82, 2.24) is 15.5 Å². The number of nitrogens with one attached hydrogen (secondary N) is 2. The minimum absolute atomic E-state index is 0. The lowest BCUT2D eigenvalue weighted by atomic mass is 9.84. The van der Waals surface area contributed by atoms with Crippen molar-refractivity contribution in [2.24, 2.45) is 4.99 Å². The van der Waals surface area contributed by atoms with Crippen LogP contribution in [0.25, 0.3) is 0 Å². The van der Waals surface area contributed by atoms with Crippen LogP contribution in [0.2, 0.25) is 0 Å². The maximum Gasteiger partial charge on any atom is 0.253 e. The summed E-state index contributed by atoms with van der Waals surface area (Å²) in [6.45, 7) is 5.42. The van der Waals surface area contributed by atoms with Gasteiger partial charge in [0.1, 0.15) is 5.82 Å². The molecule has 0 saturated heterocycles. The van der Waals surface area contributed by atoms with Crippen molar-refractivity contribution < 1.29 is 9.18 Å². The smallest absolute Gasteiger partial charge is 0.253 e. The molecular weight excluding hydrogens is 494 g/mol. The van der Waals surface area contributed by atoms with E-state index in [4.69, 9.17) is 0 Å². The Kier molecular flexibility index (Phi) is 10.2. The van der Waals surface area contributed by atoms with E-state index in [1.165, 1.54) is 6.07 Å². The molecule has 2 rings (SSSR count). The Labute approximate surface area is 196 Å². The van der Waals surface area contributed by atoms with Crippen molar-refractivity contribution in [3.63, 3.8) is 0 Å². The van der Waals surface area contributed by atoms with E-state index >= 15 is 0 Å². The standard InChI is InChI=1S/C23H31FN4O.HI/c1-23(2,19-10-7-11-20(24)15-19)16-27-22(25-3)26-13-12-17-8-6-9-18(14-17)21(29)28(4)5;/h6-11,14-15H,12-13,16H2,1-5H3,(H2,25,26,27);1H. The zero-order valence-electron chi connectivity index (χ0n) is 18.3. The summed E-state index contributed by atoms with van der Waals surface area (Å²) in [4.78, 5) is 17.9. The minimum atomic E-state index is -0.249. The number of carbonyl (C=O) groups is 1. The number of halogens is 2. The second-order valence-corrected chi connectivity index (χ2v) is 7.90. The van der Waals surface area contributed by atoms with Gasteiger partial charge >= 0.3 is 0 Å². The average molecular weight is 526 g/mol. The Balaban J connectivity index is 0.00000450. The summed E-state index contributed by atoms with van der Waals surface area (Å²) < 4.78 is 13.5. The second kappa shape index (κ2) is 11.9. The van der Waals surface area contributed by atoms with Crippen LogP contribution in [0.4, 0.5) is 4.39 Å². The summed E-state index contributed by atoms with van der Waals surface area (Å²) in [7, 11) is 5.22. The van der Waals surface area contributed by atoms with E-state index in [1.54, 1.807) is 38.2 Å². The number of amides is 1. The number of hydrogen-bond donors (Lipinski definition) is 2. The van der Waals surface area contributed by atoms with Gasteiger partial charge in [0.25, 0.3) is 5.91 Å². The van der Waals surface area contributed by atoms with Gasteiger partial charge in [-0.05, 0) is 41.8 Å². The summed E-state index contributed by atoms with van der Waals surface area (Å²) in [5.41, 5.74) is 2.45. The summed E-state index contributed by atoms with van der Waals surface area (Å²) in [6.07, 6.45) is 0.766. The molecule has 2 N–H and O–H groups in total. The van der Waals surface area contributed by atoms with Gasteiger partial charge in [-0.15, -0.1) is 24.0 Å². The Morgan fingerprint density at radius 2 is 1.80 bits per heavy atom. The zero-order chi connectivity index (χ0) is 21.4. The molecule has 164 valence electrons. The third-order valence-electron chi connectivity index (χ3n) is 4.81. The molecule has 0 fully saturated rings. The first-order valence-electron chi connectivity index (χ1n) is 9.74. The fourth-order valence-corrected chi connectivity index (χ4v) is 2.98. The Hall–Kier alpha value is -2.16. The van der Waals surface area contributed by atoms with Crippen LogP contribution in [0.5, 0.6) is 0 Å². The van der Waals surface area contributed by atoms with E-state index in [0.717, 1.165) is 17.5 Å². The second-order valence-electron chi connectivity index (χ2n) is 7.90. The number of aliphatic imine (C=N–C) groups is 1. The van der Waals surface area contributed by atoms with Crippen LogP contribution in [-0.4, -0.2) is 51.0 Å². The first-order valence-corrected chi connectivity index (χ1v) is 9.74. The molecule has 0 radical (unpaired) electrons. The molecule has 0 bridgehead atoms. The predicted molar refractivity (Wildman–Crippen MR) is 132 cm³/mol. The van der Waals surface area contributed by atoms with Gasteiger partial charge in [-0.1, -0.05) is 38.1 Å². The predicted octanol–water partition coefficient (Wildman–Crippen LogP) is 3.83. The molecule has 2 aromatic carbocycles. The van der Waals surface area contributed by atoms with Crippen LogP contribution in [0, 0.1) is 5.82 Å². The SMILES string of the molecule is CN=C(NCCc1cccc(C(=O)N(C)C)c1)NCC(C)(C)c1cccc(F)c1.I. The molecule has 0 aromatic heterocycles. The maximum absolute atomic E-state index is 13.5. The summed E-state index contributed by atoms with van der Waals surface area (Å²) in [5, 5.41) is 6.61. The van der Waals surface area contributed by atoms with E-state index < -0.39 is 0 Å². The van der Waals surface area contributed by atoms with Gasteiger partial charge in [0, 0.05) is 45.2 Å². The molecule has 0 atom stereocenters. The van der Waals surface area contributed by atoms with E-state index in [0.29, 0.717) is 24.6 Å². The molecule has 0 spiro atoms. The monoisotopic (exact) mass is 526 g/mol. The van der Waals surface area contributed by atoms with Crippen LogP contribution in [0.15, 0.2) is 53.5 Å². The number of benzene rings is 2. The Morgan fingerprint density at radius 1 is 1.10 bits per heavy atom. The fraction of sp³-hybridized carbons (Fsp3) is 0.391. The normalized spacial score (nSPS) is 11.5. The number of hydrogen-bond acceptors (Lipinski definition) is 2. The minimum Gasteiger partial charge on any atom is -0.356 e. The Morgan fingerprint density at radius 3 is 2.43 bits per heavy atom. The number of guanidine groups is 1.